The summed E-state index contributed by atoms with van der Waals surface area (Å²) in [4.78, 5) is 24.7. The molecule has 0 amide bonds. The molecule has 0 radical (unpaired) electrons. The van der Waals surface area contributed by atoms with Crippen molar-refractivity contribution in [2.45, 2.75) is 63.8 Å². The SMILES string of the molecule is CCC(c1nc2ccc(C(=O)OC)cc2n1C[C@@H]1CCO1)N1CCC(c2cccc(OCc3ccc(Cl)cc3F)n2)CC1. The predicted octanol–water partition coefficient (Wildman–Crippen LogP) is 6.71. The first kappa shape index (κ1) is 29.5. The molecular formula is C33H36ClFN4O4. The molecule has 4 heterocycles. The fraction of sp³-hybridized carbons (Fsp3) is 0.424. The van der Waals surface area contributed by atoms with Crippen molar-refractivity contribution < 1.29 is 23.4 Å². The normalized spacial score (nSPS) is 18.4. The van der Waals surface area contributed by atoms with Gasteiger partial charge in [0.15, 0.2) is 0 Å². The zero-order valence-electron chi connectivity index (χ0n) is 24.5. The maximum atomic E-state index is 14.2. The second kappa shape index (κ2) is 13.0. The molecule has 4 aromatic rings. The molecule has 2 atom stereocenters. The van der Waals surface area contributed by atoms with Crippen LogP contribution in [-0.4, -0.2) is 58.3 Å². The standard InChI is InChI=1S/C33H36ClFN4O4/c1-3-29(32-37-28-10-8-22(33(40)41-2)17-30(28)39(32)19-25-13-16-42-25)38-14-11-21(12-15-38)27-5-4-6-31(36-27)43-20-23-7-9-24(34)18-26(23)35/h4-10,17-18,21,25,29H,3,11-16,19-20H2,1-2H3/t25-,29?/m0/s1. The molecule has 0 aliphatic carbocycles. The number of hydrogen-bond donors (Lipinski definition) is 0. The van der Waals surface area contributed by atoms with E-state index in [4.69, 9.17) is 35.8 Å². The average molecular weight is 607 g/mol. The van der Waals surface area contributed by atoms with E-state index in [-0.39, 0.29) is 30.5 Å². The van der Waals surface area contributed by atoms with Gasteiger partial charge in [-0.3, -0.25) is 4.90 Å². The third-order valence-corrected chi connectivity index (χ3v) is 8.82. The smallest absolute Gasteiger partial charge is 0.337 e. The van der Waals surface area contributed by atoms with Crippen molar-refractivity contribution in [3.05, 3.63) is 88.1 Å². The molecule has 2 aromatic heterocycles. The Bertz CT molecular complexity index is 1600. The lowest BCUT2D eigenvalue weighted by Crippen LogP contribution is -2.38. The highest BCUT2D eigenvalue weighted by Crippen LogP contribution is 2.35. The molecule has 2 saturated heterocycles. The van der Waals surface area contributed by atoms with Crippen molar-refractivity contribution in [2.75, 3.05) is 26.8 Å². The third-order valence-electron chi connectivity index (χ3n) is 8.59. The summed E-state index contributed by atoms with van der Waals surface area (Å²) in [5.74, 6) is 1.05. The van der Waals surface area contributed by atoms with Gasteiger partial charge >= 0.3 is 5.97 Å². The number of esters is 1. The largest absolute Gasteiger partial charge is 0.473 e. The van der Waals surface area contributed by atoms with E-state index in [9.17, 15) is 9.18 Å². The van der Waals surface area contributed by atoms with E-state index in [1.807, 2.05) is 30.3 Å². The lowest BCUT2D eigenvalue weighted by atomic mass is 9.92. The number of fused-ring (bicyclic) bond motifs is 1. The Morgan fingerprint density at radius 2 is 1.93 bits per heavy atom. The molecule has 8 nitrogen and oxygen atoms in total. The predicted molar refractivity (Wildman–Crippen MR) is 162 cm³/mol. The van der Waals surface area contributed by atoms with E-state index in [1.54, 1.807) is 18.2 Å². The highest BCUT2D eigenvalue weighted by atomic mass is 35.5. The van der Waals surface area contributed by atoms with Crippen LogP contribution in [0.1, 0.15) is 72.0 Å². The number of rotatable bonds is 10. The van der Waals surface area contributed by atoms with E-state index in [0.29, 0.717) is 34.5 Å². The Kier molecular flexibility index (Phi) is 8.93. The third kappa shape index (κ3) is 6.39. The number of likely N-dealkylation sites (tertiary alicyclic amines) is 1. The summed E-state index contributed by atoms with van der Waals surface area (Å²) in [7, 11) is 1.40. The number of ether oxygens (including phenoxy) is 3. The molecule has 6 rings (SSSR count). The Morgan fingerprint density at radius 3 is 2.63 bits per heavy atom. The summed E-state index contributed by atoms with van der Waals surface area (Å²) in [5.41, 5.74) is 3.75. The summed E-state index contributed by atoms with van der Waals surface area (Å²) in [6.45, 7) is 5.59. The fourth-order valence-electron chi connectivity index (χ4n) is 6.10. The van der Waals surface area contributed by atoms with Gasteiger partial charge < -0.3 is 18.8 Å². The average Bonchev–Trinajstić information content (AvgIpc) is 3.36. The van der Waals surface area contributed by atoms with Gasteiger partial charge in [-0.05, 0) is 75.2 Å². The van der Waals surface area contributed by atoms with Gasteiger partial charge in [-0.15, -0.1) is 0 Å². The number of nitrogens with zero attached hydrogens (tertiary/aromatic N) is 4. The molecule has 0 spiro atoms. The number of aromatic nitrogens is 3. The number of halogens is 2. The van der Waals surface area contributed by atoms with E-state index in [0.717, 1.165) is 67.9 Å². The maximum Gasteiger partial charge on any atom is 0.337 e. The Labute approximate surface area is 255 Å². The lowest BCUT2D eigenvalue weighted by Gasteiger charge is -2.37. The minimum absolute atomic E-state index is 0.0874. The molecule has 0 N–H and O–H groups in total. The number of piperidine rings is 1. The van der Waals surface area contributed by atoms with Crippen LogP contribution in [0.15, 0.2) is 54.6 Å². The quantitative estimate of drug-likeness (QED) is 0.186. The van der Waals surface area contributed by atoms with Crippen molar-refractivity contribution in [1.82, 2.24) is 19.4 Å². The Morgan fingerprint density at radius 1 is 1.12 bits per heavy atom. The van der Waals surface area contributed by atoms with Crippen LogP contribution in [-0.2, 0) is 22.6 Å². The van der Waals surface area contributed by atoms with Crippen molar-refractivity contribution in [2.24, 2.45) is 0 Å². The van der Waals surface area contributed by atoms with Crippen LogP contribution >= 0.6 is 11.6 Å². The minimum atomic E-state index is -0.390. The van der Waals surface area contributed by atoms with E-state index in [2.05, 4.69) is 16.4 Å². The van der Waals surface area contributed by atoms with Crippen LogP contribution in [0.2, 0.25) is 5.02 Å². The Balaban J connectivity index is 1.16. The molecule has 43 heavy (non-hydrogen) atoms. The zero-order valence-corrected chi connectivity index (χ0v) is 25.2. The number of imidazole rings is 1. The van der Waals surface area contributed by atoms with Gasteiger partial charge in [0.2, 0.25) is 5.88 Å². The van der Waals surface area contributed by atoms with Crippen molar-refractivity contribution in [3.63, 3.8) is 0 Å². The number of carbonyl (C=O) groups is 1. The molecule has 0 saturated carbocycles. The van der Waals surface area contributed by atoms with E-state index < -0.39 is 0 Å². The highest BCUT2D eigenvalue weighted by molar-refractivity contribution is 6.30. The molecule has 0 bridgehead atoms. The number of hydrogen-bond acceptors (Lipinski definition) is 7. The van der Waals surface area contributed by atoms with Crippen molar-refractivity contribution >= 4 is 28.6 Å². The molecule has 1 unspecified atom stereocenters. The summed E-state index contributed by atoms with van der Waals surface area (Å²) in [6.07, 6.45) is 3.99. The first-order valence-electron chi connectivity index (χ1n) is 14.9. The number of benzene rings is 2. The second-order valence-electron chi connectivity index (χ2n) is 11.2. The summed E-state index contributed by atoms with van der Waals surface area (Å²) in [6, 6.07) is 16.1. The highest BCUT2D eigenvalue weighted by Gasteiger charge is 2.31. The monoisotopic (exact) mass is 606 g/mol. The van der Waals surface area contributed by atoms with Crippen molar-refractivity contribution in [3.8, 4) is 5.88 Å². The van der Waals surface area contributed by atoms with Crippen LogP contribution in [0.3, 0.4) is 0 Å². The minimum Gasteiger partial charge on any atom is -0.473 e. The van der Waals surface area contributed by atoms with E-state index >= 15 is 0 Å². The van der Waals surface area contributed by atoms with Gasteiger partial charge in [-0.1, -0.05) is 30.7 Å². The first-order chi connectivity index (χ1) is 20.9. The van der Waals surface area contributed by atoms with Gasteiger partial charge in [0.05, 0.1) is 42.4 Å². The summed E-state index contributed by atoms with van der Waals surface area (Å²) < 4.78 is 33.0. The van der Waals surface area contributed by atoms with Gasteiger partial charge in [0.1, 0.15) is 18.2 Å². The molecule has 226 valence electrons. The lowest BCUT2D eigenvalue weighted by molar-refractivity contribution is -0.0595. The van der Waals surface area contributed by atoms with Gasteiger partial charge in [0, 0.05) is 34.9 Å². The van der Waals surface area contributed by atoms with Gasteiger partial charge in [-0.25, -0.2) is 19.2 Å². The van der Waals surface area contributed by atoms with Crippen LogP contribution in [0.4, 0.5) is 4.39 Å². The summed E-state index contributed by atoms with van der Waals surface area (Å²) >= 11 is 5.87. The molecule has 2 aromatic carbocycles. The van der Waals surface area contributed by atoms with Crippen LogP contribution in [0.5, 0.6) is 5.88 Å². The maximum absolute atomic E-state index is 14.2. The van der Waals surface area contributed by atoms with Gasteiger partial charge in [-0.2, -0.15) is 0 Å². The first-order valence-corrected chi connectivity index (χ1v) is 15.3. The molecule has 2 aliphatic rings. The number of carbonyl (C=O) groups excluding carboxylic acids is 1. The Hall–Kier alpha value is -3.53. The van der Waals surface area contributed by atoms with Crippen molar-refractivity contribution in [1.29, 1.82) is 0 Å². The topological polar surface area (TPSA) is 78.7 Å². The number of methoxy groups -OCH3 is 1. The van der Waals surface area contributed by atoms with Crippen LogP contribution in [0, 0.1) is 5.82 Å². The molecule has 2 aliphatic heterocycles. The van der Waals surface area contributed by atoms with Gasteiger partial charge in [0.25, 0.3) is 0 Å². The number of pyridine rings is 1. The molecule has 2 fully saturated rings. The molecular weight excluding hydrogens is 571 g/mol. The van der Waals surface area contributed by atoms with Crippen LogP contribution in [0.25, 0.3) is 11.0 Å². The second-order valence-corrected chi connectivity index (χ2v) is 11.7. The molecule has 10 heteroatoms. The summed E-state index contributed by atoms with van der Waals surface area (Å²) in [5, 5.41) is 0.357. The zero-order chi connectivity index (χ0) is 29.9. The van der Waals surface area contributed by atoms with E-state index in [1.165, 1.54) is 13.2 Å². The fourth-order valence-corrected chi connectivity index (χ4v) is 6.26. The van der Waals surface area contributed by atoms with Crippen LogP contribution < -0.4 is 4.74 Å².